The summed E-state index contributed by atoms with van der Waals surface area (Å²) in [5, 5.41) is 0. The first-order valence-electron chi connectivity index (χ1n) is 2.25. The molecule has 0 aliphatic heterocycles. The fourth-order valence-electron chi connectivity index (χ4n) is 0.202. The van der Waals surface area contributed by atoms with Crippen LogP contribution in [0.2, 0.25) is 0 Å². The van der Waals surface area contributed by atoms with E-state index >= 15 is 0 Å². The molecule has 0 aromatic carbocycles. The second kappa shape index (κ2) is 4.49. The van der Waals surface area contributed by atoms with Crippen molar-refractivity contribution in [3.63, 3.8) is 0 Å². The van der Waals surface area contributed by atoms with E-state index in [0.29, 0.717) is 0 Å². The fraction of sp³-hybridized carbons (Fsp3) is 0.400. The minimum Gasteiger partial charge on any atom is -0.294 e. The maximum atomic E-state index is 10.3. The van der Waals surface area contributed by atoms with E-state index in [9.17, 15) is 4.79 Å². The van der Waals surface area contributed by atoms with Crippen molar-refractivity contribution in [3.05, 3.63) is 12.7 Å². The van der Waals surface area contributed by atoms with Crippen molar-refractivity contribution in [1.82, 2.24) is 5.48 Å². The van der Waals surface area contributed by atoms with Crippen LogP contribution >= 0.6 is 0 Å². The lowest BCUT2D eigenvalue weighted by Gasteiger charge is -1.93. The molecule has 0 rings (SSSR count). The molecule has 3 nitrogen and oxygen atoms in total. The van der Waals surface area contributed by atoms with E-state index in [4.69, 9.17) is 0 Å². The summed E-state index contributed by atoms with van der Waals surface area (Å²) < 4.78 is 0. The zero-order valence-corrected chi connectivity index (χ0v) is 4.81. The van der Waals surface area contributed by atoms with Gasteiger partial charge in [-0.25, -0.2) is 5.48 Å². The molecule has 0 aliphatic carbocycles. The van der Waals surface area contributed by atoms with Gasteiger partial charge in [0.2, 0.25) is 0 Å². The third-order valence-corrected chi connectivity index (χ3v) is 0.586. The monoisotopic (exact) mass is 115 g/mol. The highest BCUT2D eigenvalue weighted by molar-refractivity contribution is 5.90. The first-order chi connectivity index (χ1) is 3.81. The molecular weight excluding hydrogens is 106 g/mol. The lowest BCUT2D eigenvalue weighted by Crippen LogP contribution is -2.13. The number of carbonyl (C=O) groups is 1. The Morgan fingerprint density at radius 1 is 2.00 bits per heavy atom. The van der Waals surface area contributed by atoms with Crippen molar-refractivity contribution in [2.75, 3.05) is 13.7 Å². The largest absolute Gasteiger partial charge is 0.294 e. The van der Waals surface area contributed by atoms with Crippen molar-refractivity contribution in [3.8, 4) is 0 Å². The highest BCUT2D eigenvalue weighted by Crippen LogP contribution is 1.71. The van der Waals surface area contributed by atoms with Gasteiger partial charge >= 0.3 is 0 Å². The van der Waals surface area contributed by atoms with Gasteiger partial charge in [-0.2, -0.15) is 0 Å². The predicted molar refractivity (Wildman–Crippen MR) is 30.2 cm³/mol. The Hall–Kier alpha value is -0.670. The Bertz CT molecular complexity index is 90.4. The highest BCUT2D eigenvalue weighted by Gasteiger charge is 1.90. The van der Waals surface area contributed by atoms with Crippen molar-refractivity contribution in [2.24, 2.45) is 0 Å². The fourth-order valence-corrected chi connectivity index (χ4v) is 0.202. The minimum atomic E-state index is -0.126. The maximum absolute atomic E-state index is 10.3. The number of rotatable bonds is 4. The van der Waals surface area contributed by atoms with Crippen LogP contribution in [0.5, 0.6) is 0 Å². The summed E-state index contributed by atoms with van der Waals surface area (Å²) in [6, 6.07) is 0. The van der Waals surface area contributed by atoms with Crippen molar-refractivity contribution >= 4 is 5.78 Å². The maximum Gasteiger partial charge on any atom is 0.182 e. The molecule has 0 amide bonds. The Morgan fingerprint density at radius 3 is 3.00 bits per heavy atom. The molecule has 0 unspecified atom stereocenters. The van der Waals surface area contributed by atoms with E-state index in [1.807, 2.05) is 0 Å². The molecule has 0 radical (unpaired) electrons. The van der Waals surface area contributed by atoms with Gasteiger partial charge in [0.25, 0.3) is 0 Å². The summed E-state index contributed by atoms with van der Waals surface area (Å²) in [5.41, 5.74) is 2.36. The molecular formula is C5H9NO2. The summed E-state index contributed by atoms with van der Waals surface area (Å²) in [5.74, 6) is -0.126. The molecule has 0 saturated carbocycles. The van der Waals surface area contributed by atoms with Gasteiger partial charge in [-0.1, -0.05) is 6.58 Å². The van der Waals surface area contributed by atoms with Crippen LogP contribution in [-0.4, -0.2) is 19.4 Å². The Balaban J connectivity index is 3.11. The molecule has 0 atom stereocenters. The average molecular weight is 115 g/mol. The Morgan fingerprint density at radius 2 is 2.62 bits per heavy atom. The van der Waals surface area contributed by atoms with Crippen molar-refractivity contribution < 1.29 is 9.63 Å². The van der Waals surface area contributed by atoms with Crippen LogP contribution in [-0.2, 0) is 9.63 Å². The summed E-state index contributed by atoms with van der Waals surface area (Å²) in [6.07, 6.45) is 1.22. The molecule has 0 aromatic heterocycles. The highest BCUT2D eigenvalue weighted by atomic mass is 16.6. The quantitative estimate of drug-likeness (QED) is 0.410. The molecule has 1 N–H and O–H groups in total. The first kappa shape index (κ1) is 7.33. The normalized spacial score (nSPS) is 8.62. The number of nitrogens with one attached hydrogen (secondary N) is 1. The number of hydrogen-bond acceptors (Lipinski definition) is 3. The van der Waals surface area contributed by atoms with Gasteiger partial charge in [0.05, 0.1) is 0 Å². The van der Waals surface area contributed by atoms with Gasteiger partial charge in [-0.05, 0) is 6.08 Å². The number of hydrogen-bond donors (Lipinski definition) is 1. The molecule has 0 aliphatic rings. The van der Waals surface area contributed by atoms with Crippen LogP contribution in [0.15, 0.2) is 12.7 Å². The standard InChI is InChI=1S/C5H9NO2/c1-3-5(7)4-8-6-2/h3,6H,1,4H2,2H3. The predicted octanol–water partition coefficient (Wildman–Crippen LogP) is -0.108. The van der Waals surface area contributed by atoms with E-state index in [-0.39, 0.29) is 12.4 Å². The lowest BCUT2D eigenvalue weighted by molar-refractivity contribution is -0.121. The van der Waals surface area contributed by atoms with Gasteiger partial charge in [0.1, 0.15) is 6.61 Å². The van der Waals surface area contributed by atoms with Crippen LogP contribution < -0.4 is 5.48 Å². The van der Waals surface area contributed by atoms with Gasteiger partial charge in [0.15, 0.2) is 5.78 Å². The van der Waals surface area contributed by atoms with Crippen LogP contribution in [0.1, 0.15) is 0 Å². The molecule has 0 bridgehead atoms. The number of ketones is 1. The molecule has 3 heteroatoms. The van der Waals surface area contributed by atoms with E-state index < -0.39 is 0 Å². The van der Waals surface area contributed by atoms with Crippen molar-refractivity contribution in [2.45, 2.75) is 0 Å². The SMILES string of the molecule is C=CC(=O)CONC. The van der Waals surface area contributed by atoms with Crippen LogP contribution in [0.3, 0.4) is 0 Å². The summed E-state index contributed by atoms with van der Waals surface area (Å²) >= 11 is 0. The second-order valence-electron chi connectivity index (χ2n) is 1.16. The second-order valence-corrected chi connectivity index (χ2v) is 1.16. The molecule has 0 heterocycles. The van der Waals surface area contributed by atoms with E-state index in [1.54, 1.807) is 7.05 Å². The third kappa shape index (κ3) is 3.52. The topological polar surface area (TPSA) is 38.3 Å². The van der Waals surface area contributed by atoms with E-state index in [1.165, 1.54) is 6.08 Å². The zero-order chi connectivity index (χ0) is 6.41. The van der Waals surface area contributed by atoms with Crippen molar-refractivity contribution in [1.29, 1.82) is 0 Å². The Kier molecular flexibility index (Phi) is 4.11. The molecule has 0 fully saturated rings. The first-order valence-corrected chi connectivity index (χ1v) is 2.25. The molecule has 0 aromatic rings. The van der Waals surface area contributed by atoms with E-state index in [2.05, 4.69) is 16.9 Å². The molecule has 0 saturated heterocycles. The van der Waals surface area contributed by atoms with Gasteiger partial charge < -0.3 is 0 Å². The van der Waals surface area contributed by atoms with E-state index in [0.717, 1.165) is 0 Å². The molecule has 0 spiro atoms. The zero-order valence-electron chi connectivity index (χ0n) is 4.81. The number of carbonyl (C=O) groups excluding carboxylic acids is 1. The third-order valence-electron chi connectivity index (χ3n) is 0.586. The molecule has 8 heavy (non-hydrogen) atoms. The Labute approximate surface area is 48.3 Å². The summed E-state index contributed by atoms with van der Waals surface area (Å²) in [4.78, 5) is 14.8. The minimum absolute atomic E-state index is 0.0556. The number of hydroxylamine groups is 1. The van der Waals surface area contributed by atoms with Gasteiger partial charge in [0, 0.05) is 7.05 Å². The average Bonchev–Trinajstić information content (AvgIpc) is 1.83. The van der Waals surface area contributed by atoms with Crippen LogP contribution in [0.25, 0.3) is 0 Å². The smallest absolute Gasteiger partial charge is 0.182 e. The van der Waals surface area contributed by atoms with Gasteiger partial charge in [-0.15, -0.1) is 0 Å². The summed E-state index contributed by atoms with van der Waals surface area (Å²) in [6.45, 7) is 3.31. The van der Waals surface area contributed by atoms with Crippen LogP contribution in [0.4, 0.5) is 0 Å². The van der Waals surface area contributed by atoms with Crippen LogP contribution in [0, 0.1) is 0 Å². The van der Waals surface area contributed by atoms with Gasteiger partial charge in [-0.3, -0.25) is 9.63 Å². The molecule has 46 valence electrons. The summed E-state index contributed by atoms with van der Waals surface area (Å²) in [7, 11) is 1.59. The lowest BCUT2D eigenvalue weighted by atomic mass is 10.4.